The Morgan fingerprint density at radius 1 is 1.31 bits per heavy atom. The normalized spacial score (nSPS) is 14.6. The third-order valence-electron chi connectivity index (χ3n) is 3.55. The number of aromatic nitrogens is 1. The zero-order valence-electron chi connectivity index (χ0n) is 9.59. The molecule has 1 aliphatic rings. The Morgan fingerprint density at radius 2 is 2.19 bits per heavy atom. The molecule has 0 fully saturated rings. The number of aryl methyl sites for hydroxylation is 2. The van der Waals surface area contributed by atoms with Crippen molar-refractivity contribution in [2.24, 2.45) is 0 Å². The van der Waals surface area contributed by atoms with Crippen molar-refractivity contribution in [3.05, 3.63) is 34.5 Å². The molecule has 2 heteroatoms. The molecule has 0 saturated heterocycles. The highest BCUT2D eigenvalue weighted by molar-refractivity contribution is 6.35. The Morgan fingerprint density at radius 3 is 3.00 bits per heavy atom. The van der Waals surface area contributed by atoms with Gasteiger partial charge in [-0.15, -0.1) is 0 Å². The SMILES string of the molecule is CCCn1c2c(c3c(Cl)cccc31)CCC2. The molecule has 3 rings (SSSR count). The molecule has 0 bridgehead atoms. The summed E-state index contributed by atoms with van der Waals surface area (Å²) in [6.45, 7) is 3.35. The monoisotopic (exact) mass is 233 g/mol. The van der Waals surface area contributed by atoms with Crippen LogP contribution in [0.1, 0.15) is 31.0 Å². The molecule has 1 heterocycles. The van der Waals surface area contributed by atoms with E-state index in [1.165, 1.54) is 47.8 Å². The van der Waals surface area contributed by atoms with Gasteiger partial charge in [0.1, 0.15) is 0 Å². The summed E-state index contributed by atoms with van der Waals surface area (Å²) < 4.78 is 2.48. The van der Waals surface area contributed by atoms with Gasteiger partial charge >= 0.3 is 0 Å². The van der Waals surface area contributed by atoms with E-state index in [1.54, 1.807) is 0 Å². The Balaban J connectivity index is 2.36. The molecule has 16 heavy (non-hydrogen) atoms. The lowest BCUT2D eigenvalue weighted by molar-refractivity contribution is 0.670. The van der Waals surface area contributed by atoms with Gasteiger partial charge in [0.15, 0.2) is 0 Å². The van der Waals surface area contributed by atoms with Crippen LogP contribution in [0.5, 0.6) is 0 Å². The fourth-order valence-electron chi connectivity index (χ4n) is 2.96. The molecular weight excluding hydrogens is 218 g/mol. The van der Waals surface area contributed by atoms with Gasteiger partial charge in [0.2, 0.25) is 0 Å². The summed E-state index contributed by atoms with van der Waals surface area (Å²) in [5, 5.41) is 2.23. The number of hydrogen-bond donors (Lipinski definition) is 0. The van der Waals surface area contributed by atoms with Gasteiger partial charge in [-0.25, -0.2) is 0 Å². The van der Waals surface area contributed by atoms with E-state index in [2.05, 4.69) is 23.6 Å². The van der Waals surface area contributed by atoms with Crippen molar-refractivity contribution in [2.75, 3.05) is 0 Å². The molecule has 84 valence electrons. The smallest absolute Gasteiger partial charge is 0.0502 e. The van der Waals surface area contributed by atoms with Gasteiger partial charge in [-0.1, -0.05) is 24.6 Å². The predicted molar refractivity (Wildman–Crippen MR) is 69.3 cm³/mol. The fourth-order valence-corrected chi connectivity index (χ4v) is 3.24. The minimum Gasteiger partial charge on any atom is -0.344 e. The second-order valence-electron chi connectivity index (χ2n) is 4.56. The van der Waals surface area contributed by atoms with Crippen molar-refractivity contribution >= 4 is 22.5 Å². The quantitative estimate of drug-likeness (QED) is 0.733. The van der Waals surface area contributed by atoms with Crippen LogP contribution >= 0.6 is 11.6 Å². The Labute approximate surface area is 101 Å². The number of benzene rings is 1. The molecule has 0 saturated carbocycles. The first kappa shape index (κ1) is 10.2. The second kappa shape index (κ2) is 3.81. The molecule has 0 atom stereocenters. The average molecular weight is 234 g/mol. The van der Waals surface area contributed by atoms with Crippen LogP contribution < -0.4 is 0 Å². The van der Waals surface area contributed by atoms with E-state index in [1.807, 2.05) is 6.07 Å². The van der Waals surface area contributed by atoms with E-state index in [-0.39, 0.29) is 0 Å². The molecule has 0 aliphatic heterocycles. The first-order valence-corrected chi connectivity index (χ1v) is 6.49. The van der Waals surface area contributed by atoms with Gasteiger partial charge in [-0.2, -0.15) is 0 Å². The average Bonchev–Trinajstić information content (AvgIpc) is 2.82. The van der Waals surface area contributed by atoms with Gasteiger partial charge in [-0.05, 0) is 43.4 Å². The highest BCUT2D eigenvalue weighted by Crippen LogP contribution is 2.37. The van der Waals surface area contributed by atoms with Crippen LogP contribution in [0.15, 0.2) is 18.2 Å². The van der Waals surface area contributed by atoms with E-state index < -0.39 is 0 Å². The van der Waals surface area contributed by atoms with Crippen molar-refractivity contribution in [1.29, 1.82) is 0 Å². The maximum Gasteiger partial charge on any atom is 0.0502 e. The van der Waals surface area contributed by atoms with Gasteiger partial charge in [0.25, 0.3) is 0 Å². The maximum atomic E-state index is 6.34. The van der Waals surface area contributed by atoms with Crippen LogP contribution in [0.4, 0.5) is 0 Å². The van der Waals surface area contributed by atoms with Gasteiger partial charge < -0.3 is 4.57 Å². The number of fused-ring (bicyclic) bond motifs is 3. The zero-order valence-corrected chi connectivity index (χ0v) is 10.3. The van der Waals surface area contributed by atoms with Crippen molar-refractivity contribution in [2.45, 2.75) is 39.2 Å². The highest BCUT2D eigenvalue weighted by atomic mass is 35.5. The van der Waals surface area contributed by atoms with Crippen LogP contribution in [-0.4, -0.2) is 4.57 Å². The summed E-state index contributed by atoms with van der Waals surface area (Å²) in [5.74, 6) is 0. The van der Waals surface area contributed by atoms with Crippen LogP contribution in [-0.2, 0) is 19.4 Å². The van der Waals surface area contributed by atoms with Crippen molar-refractivity contribution in [3.63, 3.8) is 0 Å². The number of nitrogens with zero attached hydrogens (tertiary/aromatic N) is 1. The third-order valence-corrected chi connectivity index (χ3v) is 3.86. The Kier molecular flexibility index (Phi) is 2.44. The minimum absolute atomic E-state index is 0.922. The van der Waals surface area contributed by atoms with Crippen molar-refractivity contribution in [3.8, 4) is 0 Å². The van der Waals surface area contributed by atoms with Crippen LogP contribution in [0.2, 0.25) is 5.02 Å². The van der Waals surface area contributed by atoms with Crippen LogP contribution in [0.25, 0.3) is 10.9 Å². The lowest BCUT2D eigenvalue weighted by Gasteiger charge is -2.07. The molecule has 0 unspecified atom stereocenters. The van der Waals surface area contributed by atoms with E-state index in [9.17, 15) is 0 Å². The van der Waals surface area contributed by atoms with Crippen LogP contribution in [0.3, 0.4) is 0 Å². The van der Waals surface area contributed by atoms with Gasteiger partial charge in [0, 0.05) is 17.6 Å². The molecule has 1 aromatic heterocycles. The third kappa shape index (κ3) is 1.31. The largest absolute Gasteiger partial charge is 0.344 e. The lowest BCUT2D eigenvalue weighted by atomic mass is 10.1. The first-order chi connectivity index (χ1) is 7.83. The molecule has 2 aromatic rings. The van der Waals surface area contributed by atoms with Crippen molar-refractivity contribution in [1.82, 2.24) is 4.57 Å². The molecule has 1 aliphatic carbocycles. The standard InChI is InChI=1S/C14H16ClN/c1-2-9-16-12-7-3-5-10(12)14-11(15)6-4-8-13(14)16/h4,6,8H,2-3,5,7,9H2,1H3. The van der Waals surface area contributed by atoms with Gasteiger partial charge in [0.05, 0.1) is 10.5 Å². The molecule has 1 aromatic carbocycles. The lowest BCUT2D eigenvalue weighted by Crippen LogP contribution is -2.00. The molecule has 1 nitrogen and oxygen atoms in total. The van der Waals surface area contributed by atoms with Crippen molar-refractivity contribution < 1.29 is 0 Å². The Bertz CT molecular complexity index is 539. The van der Waals surface area contributed by atoms with E-state index in [4.69, 9.17) is 11.6 Å². The molecule has 0 radical (unpaired) electrons. The number of rotatable bonds is 2. The zero-order chi connectivity index (χ0) is 11.1. The number of halogens is 1. The summed E-state index contributed by atoms with van der Waals surface area (Å²) in [6.07, 6.45) is 4.89. The predicted octanol–water partition coefficient (Wildman–Crippen LogP) is 4.19. The summed E-state index contributed by atoms with van der Waals surface area (Å²) >= 11 is 6.34. The summed E-state index contributed by atoms with van der Waals surface area (Å²) in [6, 6.07) is 6.28. The molecule has 0 N–H and O–H groups in total. The minimum atomic E-state index is 0.922. The highest BCUT2D eigenvalue weighted by Gasteiger charge is 2.22. The van der Waals surface area contributed by atoms with Crippen LogP contribution in [0, 0.1) is 0 Å². The summed E-state index contributed by atoms with van der Waals surface area (Å²) in [7, 11) is 0. The van der Waals surface area contributed by atoms with Gasteiger partial charge in [-0.3, -0.25) is 0 Å². The molecule has 0 amide bonds. The first-order valence-electron chi connectivity index (χ1n) is 6.11. The van der Waals surface area contributed by atoms with E-state index in [0.29, 0.717) is 0 Å². The summed E-state index contributed by atoms with van der Waals surface area (Å²) in [4.78, 5) is 0. The van der Waals surface area contributed by atoms with E-state index >= 15 is 0 Å². The van der Waals surface area contributed by atoms with E-state index in [0.717, 1.165) is 11.6 Å². The molecular formula is C14H16ClN. The molecule has 0 spiro atoms. The maximum absolute atomic E-state index is 6.34. The number of hydrogen-bond acceptors (Lipinski definition) is 0. The fraction of sp³-hybridized carbons (Fsp3) is 0.429. The topological polar surface area (TPSA) is 4.93 Å². The Hall–Kier alpha value is -0.950. The summed E-state index contributed by atoms with van der Waals surface area (Å²) in [5.41, 5.74) is 4.37. The second-order valence-corrected chi connectivity index (χ2v) is 4.97.